The van der Waals surface area contributed by atoms with Gasteiger partial charge in [-0.3, -0.25) is 4.79 Å². The molecule has 0 aliphatic carbocycles. The normalized spacial score (nSPS) is 10.6. The summed E-state index contributed by atoms with van der Waals surface area (Å²) in [6.07, 6.45) is 0.102. The van der Waals surface area contributed by atoms with E-state index < -0.39 is 24.4 Å². The maximum absolute atomic E-state index is 14.1. The van der Waals surface area contributed by atoms with Crippen molar-refractivity contribution in [2.45, 2.75) is 0 Å². The van der Waals surface area contributed by atoms with Gasteiger partial charge in [0.1, 0.15) is 23.7 Å². The van der Waals surface area contributed by atoms with E-state index in [0.717, 1.165) is 0 Å². The SMILES string of the molecule is O=C(O)NCC(=O)Nc1nccc2[nH]c(-c3c(F)cccc3Cl)nc12. The van der Waals surface area contributed by atoms with E-state index in [0.29, 0.717) is 11.0 Å². The lowest BCUT2D eigenvalue weighted by atomic mass is 10.2. The Morgan fingerprint density at radius 3 is 2.84 bits per heavy atom. The van der Waals surface area contributed by atoms with Crippen LogP contribution in [0.3, 0.4) is 0 Å². The predicted molar refractivity (Wildman–Crippen MR) is 88.9 cm³/mol. The maximum Gasteiger partial charge on any atom is 0.405 e. The highest BCUT2D eigenvalue weighted by Crippen LogP contribution is 2.31. The number of hydrogen-bond acceptors (Lipinski definition) is 4. The number of carbonyl (C=O) groups excluding carboxylic acids is 1. The molecular formula is C15H11ClFN5O3. The van der Waals surface area contributed by atoms with Gasteiger partial charge in [0.2, 0.25) is 5.91 Å². The summed E-state index contributed by atoms with van der Waals surface area (Å²) in [5.41, 5.74) is 0.900. The van der Waals surface area contributed by atoms with Crippen molar-refractivity contribution in [3.05, 3.63) is 41.3 Å². The van der Waals surface area contributed by atoms with Crippen LogP contribution in [0.15, 0.2) is 30.5 Å². The van der Waals surface area contributed by atoms with Gasteiger partial charge in [0.05, 0.1) is 16.1 Å². The van der Waals surface area contributed by atoms with E-state index >= 15 is 0 Å². The molecular weight excluding hydrogens is 353 g/mol. The largest absolute Gasteiger partial charge is 0.465 e. The maximum atomic E-state index is 14.1. The minimum absolute atomic E-state index is 0.102. The lowest BCUT2D eigenvalue weighted by Crippen LogP contribution is -2.31. The van der Waals surface area contributed by atoms with Gasteiger partial charge in [-0.1, -0.05) is 17.7 Å². The number of imidazole rings is 1. The zero-order chi connectivity index (χ0) is 18.0. The van der Waals surface area contributed by atoms with Crippen molar-refractivity contribution >= 4 is 40.5 Å². The summed E-state index contributed by atoms with van der Waals surface area (Å²) >= 11 is 6.04. The van der Waals surface area contributed by atoms with Gasteiger partial charge in [-0.2, -0.15) is 0 Å². The Morgan fingerprint density at radius 2 is 2.12 bits per heavy atom. The molecule has 3 aromatic rings. The van der Waals surface area contributed by atoms with Crippen LogP contribution >= 0.6 is 11.6 Å². The Bertz CT molecular complexity index is 955. The van der Waals surface area contributed by atoms with Crippen LogP contribution < -0.4 is 10.6 Å². The molecule has 0 aliphatic rings. The van der Waals surface area contributed by atoms with Gasteiger partial charge in [0, 0.05) is 6.20 Å². The van der Waals surface area contributed by atoms with Gasteiger partial charge >= 0.3 is 6.09 Å². The number of hydrogen-bond donors (Lipinski definition) is 4. The first-order valence-corrected chi connectivity index (χ1v) is 7.39. The zero-order valence-corrected chi connectivity index (χ0v) is 13.3. The van der Waals surface area contributed by atoms with Crippen LogP contribution in [0.5, 0.6) is 0 Å². The van der Waals surface area contributed by atoms with E-state index in [9.17, 15) is 14.0 Å². The molecule has 0 radical (unpaired) electrons. The molecule has 0 saturated heterocycles. The highest BCUT2D eigenvalue weighted by Gasteiger charge is 2.16. The summed E-state index contributed by atoms with van der Waals surface area (Å²) in [5, 5.41) is 13.1. The molecule has 0 unspecified atom stereocenters. The summed E-state index contributed by atoms with van der Waals surface area (Å²) in [6, 6.07) is 5.87. The summed E-state index contributed by atoms with van der Waals surface area (Å²) in [4.78, 5) is 33.4. The number of amides is 2. The Balaban J connectivity index is 1.96. The zero-order valence-electron chi connectivity index (χ0n) is 12.5. The standard InChI is InChI=1S/C15H11ClFN5O3/c16-7-2-1-3-8(17)11(7)13-20-9-4-5-18-14(12(9)22-13)21-10(23)6-19-15(24)25/h1-5,19H,6H2,(H,20,22)(H,24,25)(H,18,21,23). The Hall–Kier alpha value is -3.20. The van der Waals surface area contributed by atoms with Crippen molar-refractivity contribution in [3.63, 3.8) is 0 Å². The number of aromatic nitrogens is 3. The van der Waals surface area contributed by atoms with E-state index in [1.807, 2.05) is 5.32 Å². The van der Waals surface area contributed by atoms with E-state index in [4.69, 9.17) is 16.7 Å². The van der Waals surface area contributed by atoms with E-state index in [1.54, 1.807) is 6.07 Å². The third kappa shape index (κ3) is 3.50. The Morgan fingerprint density at radius 1 is 1.32 bits per heavy atom. The first kappa shape index (κ1) is 16.7. The van der Waals surface area contributed by atoms with Gasteiger partial charge in [-0.15, -0.1) is 0 Å². The van der Waals surface area contributed by atoms with Crippen LogP contribution in [0.2, 0.25) is 5.02 Å². The molecule has 0 saturated carbocycles. The lowest BCUT2D eigenvalue weighted by Gasteiger charge is -2.04. The van der Waals surface area contributed by atoms with E-state index in [2.05, 4.69) is 20.3 Å². The van der Waals surface area contributed by atoms with Crippen LogP contribution in [-0.2, 0) is 4.79 Å². The lowest BCUT2D eigenvalue weighted by molar-refractivity contribution is -0.115. The second-order valence-electron chi connectivity index (χ2n) is 4.94. The molecule has 8 nitrogen and oxygen atoms in total. The van der Waals surface area contributed by atoms with Crippen LogP contribution in [0.4, 0.5) is 15.0 Å². The van der Waals surface area contributed by atoms with Crippen molar-refractivity contribution in [1.29, 1.82) is 0 Å². The van der Waals surface area contributed by atoms with E-state index in [1.165, 1.54) is 24.4 Å². The third-order valence-corrected chi connectivity index (χ3v) is 3.57. The summed E-state index contributed by atoms with van der Waals surface area (Å²) in [6.45, 7) is -0.441. The van der Waals surface area contributed by atoms with Crippen molar-refractivity contribution in [2.24, 2.45) is 0 Å². The van der Waals surface area contributed by atoms with Gasteiger partial charge < -0.3 is 20.7 Å². The molecule has 0 aliphatic heterocycles. The number of aromatic amines is 1. The van der Waals surface area contributed by atoms with E-state index in [-0.39, 0.29) is 22.2 Å². The van der Waals surface area contributed by atoms with Crippen LogP contribution in [-0.4, -0.2) is 38.6 Å². The van der Waals surface area contributed by atoms with Crippen molar-refractivity contribution < 1.29 is 19.1 Å². The molecule has 128 valence electrons. The second kappa shape index (κ2) is 6.73. The minimum Gasteiger partial charge on any atom is -0.465 e. The molecule has 2 heterocycles. The van der Waals surface area contributed by atoms with Gasteiger partial charge in [0.25, 0.3) is 0 Å². The summed E-state index contributed by atoms with van der Waals surface area (Å²) < 4.78 is 14.1. The van der Waals surface area contributed by atoms with Crippen molar-refractivity contribution in [1.82, 2.24) is 20.3 Å². The highest BCUT2D eigenvalue weighted by molar-refractivity contribution is 6.33. The van der Waals surface area contributed by atoms with Crippen LogP contribution in [0.25, 0.3) is 22.4 Å². The quantitative estimate of drug-likeness (QED) is 0.568. The number of halogens is 2. The predicted octanol–water partition coefficient (Wildman–Crippen LogP) is 2.62. The average molecular weight is 364 g/mol. The Kier molecular flexibility index (Phi) is 4.48. The molecule has 2 amide bonds. The fraction of sp³-hybridized carbons (Fsp3) is 0.0667. The topological polar surface area (TPSA) is 120 Å². The number of nitrogens with one attached hydrogen (secondary N) is 3. The van der Waals surface area contributed by atoms with Crippen LogP contribution in [0, 0.1) is 5.82 Å². The molecule has 25 heavy (non-hydrogen) atoms. The van der Waals surface area contributed by atoms with Crippen molar-refractivity contribution in [2.75, 3.05) is 11.9 Å². The smallest absolute Gasteiger partial charge is 0.405 e. The molecule has 0 bridgehead atoms. The number of benzene rings is 1. The molecule has 3 rings (SSSR count). The first-order valence-electron chi connectivity index (χ1n) is 7.01. The average Bonchev–Trinajstić information content (AvgIpc) is 2.97. The first-order chi connectivity index (χ1) is 12.0. The number of nitrogens with zero attached hydrogens (tertiary/aromatic N) is 2. The van der Waals surface area contributed by atoms with Crippen molar-refractivity contribution in [3.8, 4) is 11.4 Å². The summed E-state index contributed by atoms with van der Waals surface area (Å²) in [7, 11) is 0. The molecule has 1 aromatic carbocycles. The Labute approximate surface area is 145 Å². The van der Waals surface area contributed by atoms with Gasteiger partial charge in [-0.25, -0.2) is 19.2 Å². The number of pyridine rings is 1. The fourth-order valence-electron chi connectivity index (χ4n) is 2.20. The second-order valence-corrected chi connectivity index (χ2v) is 5.35. The fourth-order valence-corrected chi connectivity index (χ4v) is 2.45. The van der Waals surface area contributed by atoms with Crippen LogP contribution in [0.1, 0.15) is 0 Å². The number of rotatable bonds is 4. The molecule has 0 atom stereocenters. The number of fused-ring (bicyclic) bond motifs is 1. The number of carboxylic acid groups (broad SMARTS) is 1. The van der Waals surface area contributed by atoms with Gasteiger partial charge in [0.15, 0.2) is 5.82 Å². The number of carbonyl (C=O) groups is 2. The molecule has 4 N–H and O–H groups in total. The number of anilines is 1. The monoisotopic (exact) mass is 363 g/mol. The number of H-pyrrole nitrogens is 1. The molecule has 2 aromatic heterocycles. The third-order valence-electron chi connectivity index (χ3n) is 3.26. The molecule has 0 fully saturated rings. The summed E-state index contributed by atoms with van der Waals surface area (Å²) in [5.74, 6) is -0.860. The van der Waals surface area contributed by atoms with Gasteiger partial charge in [-0.05, 0) is 18.2 Å². The molecule has 0 spiro atoms. The minimum atomic E-state index is -1.32. The highest BCUT2D eigenvalue weighted by atomic mass is 35.5. The molecule has 10 heteroatoms.